The Morgan fingerprint density at radius 1 is 1.34 bits per heavy atom. The van der Waals surface area contributed by atoms with Gasteiger partial charge < -0.3 is 14.4 Å². The Morgan fingerprint density at radius 3 is 2.81 bits per heavy atom. The van der Waals surface area contributed by atoms with Crippen molar-refractivity contribution < 1.29 is 19.1 Å². The first kappa shape index (κ1) is 22.8. The Bertz CT molecular complexity index is 1090. The Kier molecular flexibility index (Phi) is 7.20. The van der Waals surface area contributed by atoms with Gasteiger partial charge >= 0.3 is 0 Å². The molecule has 2 aliphatic rings. The van der Waals surface area contributed by atoms with Crippen molar-refractivity contribution in [3.63, 3.8) is 0 Å². The monoisotopic (exact) mass is 491 g/mol. The van der Waals surface area contributed by atoms with Crippen LogP contribution >= 0.6 is 34.7 Å². The number of anilines is 1. The van der Waals surface area contributed by atoms with Crippen LogP contribution in [0.5, 0.6) is 5.75 Å². The molecule has 2 amide bonds. The van der Waals surface area contributed by atoms with E-state index in [0.29, 0.717) is 53.6 Å². The molecule has 2 aliphatic heterocycles. The number of nitrogens with zero attached hydrogens (tertiary/aromatic N) is 3. The molecular formula is C22H22ClN3O4S2. The minimum absolute atomic E-state index is 0.0158. The van der Waals surface area contributed by atoms with Crippen molar-refractivity contribution in [1.82, 2.24) is 4.90 Å². The second-order valence-corrected chi connectivity index (χ2v) is 9.46. The van der Waals surface area contributed by atoms with Gasteiger partial charge in [-0.1, -0.05) is 23.4 Å². The molecule has 10 heteroatoms. The number of ether oxygens (including phenoxy) is 2. The molecule has 1 aromatic heterocycles. The summed E-state index contributed by atoms with van der Waals surface area (Å²) in [7, 11) is 1.53. The van der Waals surface area contributed by atoms with Gasteiger partial charge in [-0.3, -0.25) is 9.59 Å². The van der Waals surface area contributed by atoms with Crippen molar-refractivity contribution >= 4 is 63.4 Å². The van der Waals surface area contributed by atoms with E-state index in [1.165, 1.54) is 23.8 Å². The average molecular weight is 492 g/mol. The highest BCUT2D eigenvalue weighted by atomic mass is 35.5. The summed E-state index contributed by atoms with van der Waals surface area (Å²) < 4.78 is 10.8. The van der Waals surface area contributed by atoms with E-state index in [4.69, 9.17) is 21.1 Å². The van der Waals surface area contributed by atoms with Crippen LogP contribution in [0.4, 0.5) is 5.69 Å². The highest BCUT2D eigenvalue weighted by Crippen LogP contribution is 2.37. The number of thiophene rings is 1. The van der Waals surface area contributed by atoms with E-state index >= 15 is 0 Å². The lowest BCUT2D eigenvalue weighted by atomic mass is 10.2. The number of benzene rings is 1. The van der Waals surface area contributed by atoms with Crippen LogP contribution in [-0.2, 0) is 14.3 Å². The number of morpholine rings is 1. The van der Waals surface area contributed by atoms with Crippen molar-refractivity contribution in [3.05, 3.63) is 50.8 Å². The highest BCUT2D eigenvalue weighted by Gasteiger charge is 2.35. The summed E-state index contributed by atoms with van der Waals surface area (Å²) in [4.78, 5) is 34.9. The molecule has 0 aliphatic carbocycles. The van der Waals surface area contributed by atoms with Gasteiger partial charge in [-0.25, -0.2) is 9.89 Å². The number of hydrogen-bond donors (Lipinski definition) is 0. The SMILES string of the molecule is COc1ccc(Cl)cc1N1C(=O)/C(=C\c2sccc2C)N=C1SCC(=O)N1CCOCC1. The fourth-order valence-electron chi connectivity index (χ4n) is 3.33. The molecule has 1 fully saturated rings. The van der Waals surface area contributed by atoms with Gasteiger partial charge in [-0.15, -0.1) is 11.3 Å². The van der Waals surface area contributed by atoms with Crippen LogP contribution in [0, 0.1) is 6.92 Å². The molecule has 4 rings (SSSR count). The lowest BCUT2D eigenvalue weighted by molar-refractivity contribution is -0.132. The van der Waals surface area contributed by atoms with Gasteiger partial charge in [0.05, 0.1) is 31.8 Å². The van der Waals surface area contributed by atoms with Gasteiger partial charge in [0, 0.05) is 23.0 Å². The quantitative estimate of drug-likeness (QED) is 0.590. The van der Waals surface area contributed by atoms with Gasteiger partial charge in [-0.2, -0.15) is 0 Å². The first-order valence-corrected chi connectivity index (χ1v) is 12.2. The number of methoxy groups -OCH3 is 1. The third-order valence-electron chi connectivity index (χ3n) is 5.07. The smallest absolute Gasteiger partial charge is 0.283 e. The van der Waals surface area contributed by atoms with Crippen LogP contribution in [-0.4, -0.2) is 61.0 Å². The fraction of sp³-hybridized carbons (Fsp3) is 0.318. The highest BCUT2D eigenvalue weighted by molar-refractivity contribution is 8.14. The van der Waals surface area contributed by atoms with Gasteiger partial charge in [0.2, 0.25) is 5.91 Å². The number of halogens is 1. The number of hydrogen-bond acceptors (Lipinski definition) is 7. The summed E-state index contributed by atoms with van der Waals surface area (Å²) in [5.74, 6) is 0.346. The number of amidine groups is 1. The topological polar surface area (TPSA) is 71.4 Å². The maximum Gasteiger partial charge on any atom is 0.283 e. The maximum absolute atomic E-state index is 13.4. The Labute approximate surface area is 199 Å². The molecule has 1 aromatic carbocycles. The lowest BCUT2D eigenvalue weighted by Gasteiger charge is -2.27. The summed E-state index contributed by atoms with van der Waals surface area (Å²) in [5.41, 5.74) is 1.86. The van der Waals surface area contributed by atoms with E-state index in [-0.39, 0.29) is 17.6 Å². The van der Waals surface area contributed by atoms with Crippen molar-refractivity contribution in [1.29, 1.82) is 0 Å². The van der Waals surface area contributed by atoms with Crippen molar-refractivity contribution in [2.45, 2.75) is 6.92 Å². The lowest BCUT2D eigenvalue weighted by Crippen LogP contribution is -2.42. The normalized spacial score (nSPS) is 17.8. The minimum Gasteiger partial charge on any atom is -0.495 e. The summed E-state index contributed by atoms with van der Waals surface area (Å²) >= 11 is 8.99. The van der Waals surface area contributed by atoms with Crippen molar-refractivity contribution in [2.75, 3.05) is 44.1 Å². The number of aliphatic imine (C=N–C) groups is 1. The predicted molar refractivity (Wildman–Crippen MR) is 130 cm³/mol. The molecule has 2 aromatic rings. The van der Waals surface area contributed by atoms with Gasteiger partial charge in [0.25, 0.3) is 5.91 Å². The van der Waals surface area contributed by atoms with E-state index in [2.05, 4.69) is 4.99 Å². The number of thioether (sulfide) groups is 1. The molecule has 168 valence electrons. The van der Waals surface area contributed by atoms with Crippen LogP contribution in [0.15, 0.2) is 40.3 Å². The van der Waals surface area contributed by atoms with Gasteiger partial charge in [0.15, 0.2) is 5.17 Å². The molecule has 0 spiro atoms. The first-order valence-electron chi connectivity index (χ1n) is 9.98. The largest absolute Gasteiger partial charge is 0.495 e. The molecule has 0 radical (unpaired) electrons. The zero-order valence-corrected chi connectivity index (χ0v) is 20.1. The predicted octanol–water partition coefficient (Wildman–Crippen LogP) is 4.05. The molecule has 0 N–H and O–H groups in total. The first-order chi connectivity index (χ1) is 15.5. The molecule has 32 heavy (non-hydrogen) atoms. The average Bonchev–Trinajstić information content (AvgIpc) is 3.35. The third-order valence-corrected chi connectivity index (χ3v) is 7.19. The van der Waals surface area contributed by atoms with Crippen LogP contribution in [0.3, 0.4) is 0 Å². The third kappa shape index (κ3) is 4.85. The van der Waals surface area contributed by atoms with Gasteiger partial charge in [0.1, 0.15) is 11.4 Å². The molecule has 3 heterocycles. The Hall–Kier alpha value is -2.33. The second-order valence-electron chi connectivity index (χ2n) is 7.13. The summed E-state index contributed by atoms with van der Waals surface area (Å²) in [5, 5.41) is 2.85. The summed E-state index contributed by atoms with van der Waals surface area (Å²) in [6.07, 6.45) is 1.78. The molecule has 1 saturated heterocycles. The zero-order valence-electron chi connectivity index (χ0n) is 17.7. The number of rotatable bonds is 5. The van der Waals surface area contributed by atoms with Crippen molar-refractivity contribution in [2.24, 2.45) is 4.99 Å². The van der Waals surface area contributed by atoms with E-state index in [1.807, 2.05) is 18.4 Å². The van der Waals surface area contributed by atoms with E-state index in [1.54, 1.807) is 40.5 Å². The number of carbonyl (C=O) groups excluding carboxylic acids is 2. The molecule has 0 unspecified atom stereocenters. The van der Waals surface area contributed by atoms with Crippen LogP contribution < -0.4 is 9.64 Å². The zero-order chi connectivity index (χ0) is 22.7. The Balaban J connectivity index is 1.65. The second kappa shape index (κ2) is 10.1. The molecule has 0 bridgehead atoms. The summed E-state index contributed by atoms with van der Waals surface area (Å²) in [6, 6.07) is 7.06. The minimum atomic E-state index is -0.292. The van der Waals surface area contributed by atoms with E-state index in [0.717, 1.165) is 10.4 Å². The van der Waals surface area contributed by atoms with Crippen LogP contribution in [0.25, 0.3) is 6.08 Å². The van der Waals surface area contributed by atoms with E-state index in [9.17, 15) is 9.59 Å². The molecular weight excluding hydrogens is 470 g/mol. The van der Waals surface area contributed by atoms with Crippen LogP contribution in [0.1, 0.15) is 10.4 Å². The number of amides is 2. The van der Waals surface area contributed by atoms with E-state index < -0.39 is 0 Å². The molecule has 0 saturated carbocycles. The molecule has 7 nitrogen and oxygen atoms in total. The Morgan fingerprint density at radius 2 is 2.12 bits per heavy atom. The standard InChI is InChI=1S/C22H22ClN3O4S2/c1-14-5-10-31-19(14)12-16-21(28)26(17-11-15(23)3-4-18(17)29-2)22(24-16)32-13-20(27)25-6-8-30-9-7-25/h3-5,10-12H,6-9,13H2,1-2H3/b16-12+. The summed E-state index contributed by atoms with van der Waals surface area (Å²) in [6.45, 7) is 4.20. The fourth-order valence-corrected chi connectivity index (χ4v) is 5.26. The molecule has 0 atom stereocenters. The van der Waals surface area contributed by atoms with Gasteiger partial charge in [-0.05, 0) is 48.2 Å². The van der Waals surface area contributed by atoms with Crippen LogP contribution in [0.2, 0.25) is 5.02 Å². The number of aryl methyl sites for hydroxylation is 1. The maximum atomic E-state index is 13.4. The van der Waals surface area contributed by atoms with Crippen molar-refractivity contribution in [3.8, 4) is 5.75 Å². The number of carbonyl (C=O) groups is 2.